The van der Waals surface area contributed by atoms with Crippen molar-refractivity contribution < 1.29 is 42.9 Å². The summed E-state index contributed by atoms with van der Waals surface area (Å²) in [6.45, 7) is 4.60. The van der Waals surface area contributed by atoms with E-state index in [0.29, 0.717) is 78.0 Å². The summed E-state index contributed by atoms with van der Waals surface area (Å²) in [5, 5.41) is 4.67. The first kappa shape index (κ1) is 36.6. The maximum absolute atomic E-state index is 13.2. The van der Waals surface area contributed by atoms with Crippen LogP contribution in [0, 0.1) is 11.8 Å². The number of benzene rings is 2. The van der Waals surface area contributed by atoms with Crippen LogP contribution in [0.15, 0.2) is 72.6 Å². The average Bonchev–Trinajstić information content (AvgIpc) is 3.57. The van der Waals surface area contributed by atoms with E-state index in [4.69, 9.17) is 23.7 Å². The molecule has 2 aromatic heterocycles. The summed E-state index contributed by atoms with van der Waals surface area (Å²) in [5.74, 6) is -0.352. The van der Waals surface area contributed by atoms with Gasteiger partial charge in [0, 0.05) is 24.0 Å². The minimum absolute atomic E-state index is 0.231. The highest BCUT2D eigenvalue weighted by molar-refractivity contribution is 7.21. The molecule has 0 unspecified atom stereocenters. The van der Waals surface area contributed by atoms with E-state index in [1.54, 1.807) is 36.7 Å². The smallest absolute Gasteiger partial charge is 0.330 e. The molecule has 0 bridgehead atoms. The number of hydrazone groups is 1. The lowest BCUT2D eigenvalue weighted by Crippen LogP contribution is -2.30. The van der Waals surface area contributed by atoms with Crippen LogP contribution >= 0.6 is 11.3 Å². The number of rotatable bonds is 18. The average molecular weight is 716 g/mol. The highest BCUT2D eigenvalue weighted by Gasteiger charge is 2.32. The van der Waals surface area contributed by atoms with Crippen LogP contribution in [0.1, 0.15) is 56.9 Å². The number of anilines is 1. The monoisotopic (exact) mass is 715 g/mol. The summed E-state index contributed by atoms with van der Waals surface area (Å²) in [6.07, 6.45) is 11.1. The van der Waals surface area contributed by atoms with Crippen LogP contribution in [0.25, 0.3) is 10.5 Å². The molecule has 5 rings (SSSR count). The lowest BCUT2D eigenvalue weighted by atomic mass is 9.82. The lowest BCUT2D eigenvalue weighted by Gasteiger charge is -2.26. The number of unbranched alkanes of at least 4 members (excludes halogenated alkanes) is 3. The second-order valence-corrected chi connectivity index (χ2v) is 12.5. The SMILES string of the molecule is C=CC(=O)OCCCCCCOc1ccc(OC(=O)[C@H]2CC[C@H](C(=O)Oc3ccc(OC=O)cc3/C=N/Nc3nc4nccnc4s3)CC2)cc1. The van der Waals surface area contributed by atoms with Gasteiger partial charge in [-0.3, -0.25) is 19.8 Å². The van der Waals surface area contributed by atoms with E-state index >= 15 is 0 Å². The predicted molar refractivity (Wildman–Crippen MR) is 188 cm³/mol. The zero-order valence-corrected chi connectivity index (χ0v) is 28.5. The Morgan fingerprint density at radius 2 is 1.53 bits per heavy atom. The molecule has 15 heteroatoms. The van der Waals surface area contributed by atoms with Crippen molar-refractivity contribution in [3.63, 3.8) is 0 Å². The van der Waals surface area contributed by atoms with Gasteiger partial charge in [0.1, 0.15) is 23.0 Å². The summed E-state index contributed by atoms with van der Waals surface area (Å²) in [4.78, 5) is 61.3. The van der Waals surface area contributed by atoms with Gasteiger partial charge in [-0.2, -0.15) is 10.1 Å². The van der Waals surface area contributed by atoms with Crippen LogP contribution in [-0.4, -0.2) is 58.8 Å². The van der Waals surface area contributed by atoms with Gasteiger partial charge in [0.05, 0.1) is 31.3 Å². The molecule has 0 aliphatic heterocycles. The first-order chi connectivity index (χ1) is 24.9. The molecular formula is C36H37N5O9S. The van der Waals surface area contributed by atoms with Gasteiger partial charge in [-0.05, 0) is 93.8 Å². The van der Waals surface area contributed by atoms with Crippen LogP contribution in [0.2, 0.25) is 0 Å². The van der Waals surface area contributed by atoms with Crippen molar-refractivity contribution in [1.29, 1.82) is 0 Å². The minimum atomic E-state index is -0.429. The van der Waals surface area contributed by atoms with Gasteiger partial charge in [-0.25, -0.2) is 14.8 Å². The normalized spacial score (nSPS) is 15.5. The van der Waals surface area contributed by atoms with E-state index in [-0.39, 0.29) is 23.4 Å². The van der Waals surface area contributed by atoms with Crippen molar-refractivity contribution in [2.75, 3.05) is 18.6 Å². The molecule has 1 fully saturated rings. The number of carbonyl (C=O) groups is 4. The molecule has 0 amide bonds. The molecule has 1 aliphatic carbocycles. The van der Waals surface area contributed by atoms with Gasteiger partial charge < -0.3 is 23.7 Å². The Balaban J connectivity index is 1.05. The highest BCUT2D eigenvalue weighted by atomic mass is 32.1. The van der Waals surface area contributed by atoms with Gasteiger partial charge in [0.25, 0.3) is 6.47 Å². The fraction of sp³-hybridized carbons (Fsp3) is 0.333. The van der Waals surface area contributed by atoms with Crippen LogP contribution in [-0.2, 0) is 23.9 Å². The van der Waals surface area contributed by atoms with Gasteiger partial charge in [0.2, 0.25) is 5.13 Å². The lowest BCUT2D eigenvalue weighted by molar-refractivity contribution is -0.145. The fourth-order valence-electron chi connectivity index (χ4n) is 5.27. The van der Waals surface area contributed by atoms with Crippen molar-refractivity contribution in [3.05, 3.63) is 73.1 Å². The predicted octanol–water partition coefficient (Wildman–Crippen LogP) is 6.05. The standard InChI is InChI=1S/C36H37N5O9S/c1-2-31(43)47-20-6-4-3-5-19-46-27-11-13-28(14-12-27)49-34(44)24-7-9-25(10-8-24)35(45)50-30-16-15-29(48-23-42)21-26(30)22-39-41-36-40-32-33(51-36)38-18-17-37-32/h2,11-18,21-25H,1,3-10,19-20H2,(H,37,40,41)/b39-22+/t24-,25-. The van der Waals surface area contributed by atoms with Crippen molar-refractivity contribution in [2.24, 2.45) is 16.9 Å². The second-order valence-electron chi connectivity index (χ2n) is 11.5. The van der Waals surface area contributed by atoms with Crippen molar-refractivity contribution in [3.8, 4) is 23.0 Å². The third kappa shape index (κ3) is 11.2. The van der Waals surface area contributed by atoms with E-state index in [9.17, 15) is 19.2 Å². The largest absolute Gasteiger partial charge is 0.494 e. The molecule has 0 radical (unpaired) electrons. The van der Waals surface area contributed by atoms with Crippen LogP contribution in [0.4, 0.5) is 5.13 Å². The molecule has 2 aromatic carbocycles. The molecule has 51 heavy (non-hydrogen) atoms. The quantitative estimate of drug-likeness (QED) is 0.0240. The molecule has 4 aromatic rings. The third-order valence-corrected chi connectivity index (χ3v) is 8.80. The number of nitrogens with one attached hydrogen (secondary N) is 1. The Labute approximate surface area is 297 Å². The first-order valence-corrected chi connectivity index (χ1v) is 17.3. The van der Waals surface area contributed by atoms with E-state index in [0.717, 1.165) is 31.8 Å². The molecule has 1 N–H and O–H groups in total. The van der Waals surface area contributed by atoms with Gasteiger partial charge in [-0.1, -0.05) is 17.9 Å². The van der Waals surface area contributed by atoms with Crippen molar-refractivity contribution in [2.45, 2.75) is 51.4 Å². The van der Waals surface area contributed by atoms with Crippen LogP contribution in [0.5, 0.6) is 23.0 Å². The number of thiazole rings is 1. The van der Waals surface area contributed by atoms with E-state index < -0.39 is 17.9 Å². The molecule has 0 spiro atoms. The van der Waals surface area contributed by atoms with Gasteiger partial charge >= 0.3 is 17.9 Å². The van der Waals surface area contributed by atoms with Gasteiger partial charge in [0.15, 0.2) is 10.5 Å². The number of esters is 3. The van der Waals surface area contributed by atoms with Crippen LogP contribution < -0.4 is 24.4 Å². The Kier molecular flexibility index (Phi) is 13.6. The summed E-state index contributed by atoms with van der Waals surface area (Å²) in [5.41, 5.74) is 3.70. The van der Waals surface area contributed by atoms with Gasteiger partial charge in [-0.15, -0.1) is 0 Å². The Morgan fingerprint density at radius 3 is 2.24 bits per heavy atom. The number of carbonyl (C=O) groups excluding carboxylic acids is 4. The first-order valence-electron chi connectivity index (χ1n) is 16.5. The number of aromatic nitrogens is 3. The van der Waals surface area contributed by atoms with E-state index in [1.165, 1.54) is 35.8 Å². The maximum Gasteiger partial charge on any atom is 0.330 e. The Bertz CT molecular complexity index is 1810. The molecule has 2 heterocycles. The zero-order valence-electron chi connectivity index (χ0n) is 27.7. The number of fused-ring (bicyclic) bond motifs is 1. The Morgan fingerprint density at radius 1 is 0.863 bits per heavy atom. The Hall–Kier alpha value is -5.70. The highest BCUT2D eigenvalue weighted by Crippen LogP contribution is 2.33. The number of ether oxygens (including phenoxy) is 5. The van der Waals surface area contributed by atoms with Crippen LogP contribution in [0.3, 0.4) is 0 Å². The maximum atomic E-state index is 13.2. The molecule has 0 atom stereocenters. The number of hydrogen-bond acceptors (Lipinski definition) is 15. The molecular weight excluding hydrogens is 678 g/mol. The second kappa shape index (κ2) is 18.9. The molecule has 14 nitrogen and oxygen atoms in total. The fourth-order valence-corrected chi connectivity index (χ4v) is 5.99. The summed E-state index contributed by atoms with van der Waals surface area (Å²) >= 11 is 1.27. The third-order valence-electron chi connectivity index (χ3n) is 7.94. The summed E-state index contributed by atoms with van der Waals surface area (Å²) in [7, 11) is 0. The molecule has 0 saturated heterocycles. The number of hydrogen-bond donors (Lipinski definition) is 1. The van der Waals surface area contributed by atoms with E-state index in [2.05, 4.69) is 32.1 Å². The zero-order chi connectivity index (χ0) is 35.8. The van der Waals surface area contributed by atoms with Crippen molar-refractivity contribution in [1.82, 2.24) is 15.0 Å². The minimum Gasteiger partial charge on any atom is -0.494 e. The molecule has 1 saturated carbocycles. The number of nitrogens with zero attached hydrogens (tertiary/aromatic N) is 4. The van der Waals surface area contributed by atoms with E-state index in [1.807, 2.05) is 0 Å². The summed E-state index contributed by atoms with van der Waals surface area (Å²) < 4.78 is 27.1. The summed E-state index contributed by atoms with van der Waals surface area (Å²) in [6, 6.07) is 11.5. The topological polar surface area (TPSA) is 177 Å². The molecule has 1 aliphatic rings. The van der Waals surface area contributed by atoms with Crippen molar-refractivity contribution >= 4 is 57.5 Å². The molecule has 266 valence electrons.